The van der Waals surface area contributed by atoms with Gasteiger partial charge in [-0.2, -0.15) is 0 Å². The van der Waals surface area contributed by atoms with Crippen molar-refractivity contribution in [3.8, 4) is 0 Å². The van der Waals surface area contributed by atoms with Crippen molar-refractivity contribution in [3.63, 3.8) is 0 Å². The lowest BCUT2D eigenvalue weighted by atomic mass is 9.81. The number of halogens is 1. The zero-order chi connectivity index (χ0) is 16.7. The molecule has 4 rings (SSSR count). The van der Waals surface area contributed by atoms with E-state index >= 15 is 0 Å². The number of anilines is 1. The van der Waals surface area contributed by atoms with Crippen molar-refractivity contribution in [2.24, 2.45) is 5.92 Å². The molecule has 0 radical (unpaired) electrons. The Labute approximate surface area is 149 Å². The molecule has 0 saturated carbocycles. The van der Waals surface area contributed by atoms with Gasteiger partial charge in [0.25, 0.3) is 0 Å². The van der Waals surface area contributed by atoms with E-state index in [9.17, 15) is 4.79 Å². The second kappa shape index (κ2) is 6.22. The van der Waals surface area contributed by atoms with E-state index in [1.165, 1.54) is 12.7 Å². The van der Waals surface area contributed by atoms with Crippen molar-refractivity contribution in [3.05, 3.63) is 63.6 Å². The maximum Gasteiger partial charge on any atom is 0.337 e. The molecule has 2 heterocycles. The third-order valence-corrected chi connectivity index (χ3v) is 5.38. The number of fused-ring (bicyclic) bond motifs is 3. The van der Waals surface area contributed by atoms with Crippen LogP contribution in [0.4, 0.5) is 5.69 Å². The Morgan fingerprint density at radius 2 is 2.04 bits per heavy atom. The van der Waals surface area contributed by atoms with Crippen LogP contribution in [0, 0.1) is 5.92 Å². The molecule has 2 aromatic rings. The summed E-state index contributed by atoms with van der Waals surface area (Å²) in [5.41, 5.74) is 4.06. The SMILES string of the molecule is COC(=O)c1ccc([C@@H]2Nc3ccc(Br)cc3[C@H]3OCC[C@H]32)cc1. The highest BCUT2D eigenvalue weighted by atomic mass is 79.9. The highest BCUT2D eigenvalue weighted by molar-refractivity contribution is 9.10. The molecule has 124 valence electrons. The van der Waals surface area contributed by atoms with Gasteiger partial charge in [0.05, 0.1) is 24.8 Å². The molecule has 0 unspecified atom stereocenters. The zero-order valence-electron chi connectivity index (χ0n) is 13.3. The van der Waals surface area contributed by atoms with Crippen molar-refractivity contribution in [1.29, 1.82) is 0 Å². The molecule has 0 aliphatic carbocycles. The lowest BCUT2D eigenvalue weighted by molar-refractivity contribution is 0.0600. The molecular formula is C19H18BrNO3. The summed E-state index contributed by atoms with van der Waals surface area (Å²) in [6.45, 7) is 0.777. The minimum atomic E-state index is -0.310. The van der Waals surface area contributed by atoms with Crippen LogP contribution in [0.3, 0.4) is 0 Å². The van der Waals surface area contributed by atoms with Crippen molar-refractivity contribution < 1.29 is 14.3 Å². The Kier molecular flexibility index (Phi) is 4.06. The number of hydrogen-bond donors (Lipinski definition) is 1. The largest absolute Gasteiger partial charge is 0.465 e. The van der Waals surface area contributed by atoms with Gasteiger partial charge in [0.15, 0.2) is 0 Å². The third kappa shape index (κ3) is 2.62. The van der Waals surface area contributed by atoms with Crippen LogP contribution in [0.1, 0.15) is 40.1 Å². The van der Waals surface area contributed by atoms with Crippen LogP contribution in [-0.4, -0.2) is 19.7 Å². The van der Waals surface area contributed by atoms with Crippen molar-refractivity contribution in [2.75, 3.05) is 19.0 Å². The van der Waals surface area contributed by atoms with Gasteiger partial charge in [0, 0.05) is 28.2 Å². The second-order valence-corrected chi connectivity index (χ2v) is 7.13. The van der Waals surface area contributed by atoms with E-state index in [4.69, 9.17) is 9.47 Å². The minimum absolute atomic E-state index is 0.115. The number of benzene rings is 2. The van der Waals surface area contributed by atoms with Gasteiger partial charge in [-0.05, 0) is 42.3 Å². The first-order valence-corrected chi connectivity index (χ1v) is 8.82. The molecule has 1 fully saturated rings. The predicted molar refractivity (Wildman–Crippen MR) is 95.1 cm³/mol. The quantitative estimate of drug-likeness (QED) is 0.771. The standard InChI is InChI=1S/C19H18BrNO3/c1-23-19(22)12-4-2-11(3-5-12)17-14-8-9-24-18(14)15-10-13(20)6-7-16(15)21-17/h2-7,10,14,17-18,21H,8-9H2,1H3/t14-,17-,18-/m0/s1. The Morgan fingerprint density at radius 3 is 2.79 bits per heavy atom. The Morgan fingerprint density at radius 1 is 1.25 bits per heavy atom. The fourth-order valence-corrected chi connectivity index (χ4v) is 4.10. The van der Waals surface area contributed by atoms with E-state index in [0.717, 1.165) is 28.8 Å². The summed E-state index contributed by atoms with van der Waals surface area (Å²) in [7, 11) is 1.40. The van der Waals surface area contributed by atoms with Crippen LogP contribution in [0.2, 0.25) is 0 Å². The number of hydrogen-bond acceptors (Lipinski definition) is 4. The fraction of sp³-hybridized carbons (Fsp3) is 0.316. The number of carbonyl (C=O) groups is 1. The smallest absolute Gasteiger partial charge is 0.337 e. The van der Waals surface area contributed by atoms with Crippen LogP contribution in [0.5, 0.6) is 0 Å². The van der Waals surface area contributed by atoms with E-state index in [-0.39, 0.29) is 18.1 Å². The molecule has 4 nitrogen and oxygen atoms in total. The zero-order valence-corrected chi connectivity index (χ0v) is 14.9. The number of rotatable bonds is 2. The molecule has 3 atom stereocenters. The van der Waals surface area contributed by atoms with Crippen LogP contribution in [0.15, 0.2) is 46.9 Å². The summed E-state index contributed by atoms with van der Waals surface area (Å²) in [5.74, 6) is 0.0752. The number of nitrogens with one attached hydrogen (secondary N) is 1. The highest BCUT2D eigenvalue weighted by Crippen LogP contribution is 2.50. The third-order valence-electron chi connectivity index (χ3n) is 4.89. The average molecular weight is 388 g/mol. The number of carbonyl (C=O) groups excluding carboxylic acids is 1. The lowest BCUT2D eigenvalue weighted by Gasteiger charge is -2.36. The maximum atomic E-state index is 11.6. The summed E-state index contributed by atoms with van der Waals surface area (Å²) in [5, 5.41) is 3.66. The monoisotopic (exact) mass is 387 g/mol. The first-order chi connectivity index (χ1) is 11.7. The summed E-state index contributed by atoms with van der Waals surface area (Å²) in [6.07, 6.45) is 1.14. The van der Waals surface area contributed by atoms with Gasteiger partial charge in [-0.15, -0.1) is 0 Å². The molecule has 2 aliphatic rings. The van der Waals surface area contributed by atoms with Crippen LogP contribution >= 0.6 is 15.9 Å². The van der Waals surface area contributed by atoms with Gasteiger partial charge >= 0.3 is 5.97 Å². The Balaban J connectivity index is 1.68. The topological polar surface area (TPSA) is 47.6 Å². The molecule has 24 heavy (non-hydrogen) atoms. The Bertz CT molecular complexity index is 775. The van der Waals surface area contributed by atoms with E-state index in [1.807, 2.05) is 30.3 Å². The normalized spacial score (nSPS) is 24.7. The van der Waals surface area contributed by atoms with Gasteiger partial charge in [-0.3, -0.25) is 0 Å². The molecule has 0 amide bonds. The van der Waals surface area contributed by atoms with Crippen LogP contribution in [-0.2, 0) is 9.47 Å². The van der Waals surface area contributed by atoms with E-state index < -0.39 is 0 Å². The molecule has 0 aromatic heterocycles. The Hall–Kier alpha value is -1.85. The van der Waals surface area contributed by atoms with Gasteiger partial charge in [0.2, 0.25) is 0 Å². The van der Waals surface area contributed by atoms with Gasteiger partial charge in [-0.25, -0.2) is 4.79 Å². The molecule has 0 spiro atoms. The lowest BCUT2D eigenvalue weighted by Crippen LogP contribution is -2.29. The van der Waals surface area contributed by atoms with E-state index in [0.29, 0.717) is 11.5 Å². The van der Waals surface area contributed by atoms with Crippen LogP contribution < -0.4 is 5.32 Å². The van der Waals surface area contributed by atoms with Crippen LogP contribution in [0.25, 0.3) is 0 Å². The predicted octanol–water partition coefficient (Wildman–Crippen LogP) is 4.48. The van der Waals surface area contributed by atoms with E-state index in [2.05, 4.69) is 33.4 Å². The first-order valence-electron chi connectivity index (χ1n) is 8.03. The molecule has 1 N–H and O–H groups in total. The van der Waals surface area contributed by atoms with Crippen molar-refractivity contribution >= 4 is 27.6 Å². The fourth-order valence-electron chi connectivity index (χ4n) is 3.72. The molecule has 2 aromatic carbocycles. The summed E-state index contributed by atoms with van der Waals surface area (Å²) >= 11 is 3.55. The minimum Gasteiger partial charge on any atom is -0.465 e. The number of methoxy groups -OCH3 is 1. The molecule has 5 heteroatoms. The average Bonchev–Trinajstić information content (AvgIpc) is 3.11. The highest BCUT2D eigenvalue weighted by Gasteiger charge is 2.41. The number of ether oxygens (including phenoxy) is 2. The van der Waals surface area contributed by atoms with E-state index in [1.54, 1.807) is 0 Å². The summed E-state index contributed by atoms with van der Waals surface area (Å²) in [6, 6.07) is 14.1. The molecule has 1 saturated heterocycles. The van der Waals surface area contributed by atoms with Crippen molar-refractivity contribution in [2.45, 2.75) is 18.6 Å². The summed E-state index contributed by atoms with van der Waals surface area (Å²) in [4.78, 5) is 11.6. The maximum absolute atomic E-state index is 11.6. The number of esters is 1. The molecular weight excluding hydrogens is 370 g/mol. The van der Waals surface area contributed by atoms with Gasteiger partial charge in [-0.1, -0.05) is 28.1 Å². The van der Waals surface area contributed by atoms with Gasteiger partial charge in [0.1, 0.15) is 0 Å². The summed E-state index contributed by atoms with van der Waals surface area (Å²) < 4.78 is 11.9. The second-order valence-electron chi connectivity index (χ2n) is 6.21. The molecule has 2 aliphatic heterocycles. The molecule has 0 bridgehead atoms. The van der Waals surface area contributed by atoms with Crippen molar-refractivity contribution in [1.82, 2.24) is 0 Å². The first kappa shape index (κ1) is 15.7. The van der Waals surface area contributed by atoms with Gasteiger partial charge < -0.3 is 14.8 Å².